The van der Waals surface area contributed by atoms with Crippen LogP contribution in [0.3, 0.4) is 0 Å². The molecular weight excluding hydrogens is 252 g/mol. The van der Waals surface area contributed by atoms with Gasteiger partial charge in [0.1, 0.15) is 0 Å². The van der Waals surface area contributed by atoms with Crippen LogP contribution >= 0.6 is 0 Å². The Morgan fingerprint density at radius 2 is 2.00 bits per heavy atom. The molecule has 0 spiro atoms. The molecule has 0 aliphatic carbocycles. The number of rotatable bonds is 6. The van der Waals surface area contributed by atoms with Crippen LogP contribution in [0.1, 0.15) is 37.0 Å². The van der Waals surface area contributed by atoms with E-state index < -0.39 is 0 Å². The molecule has 0 fully saturated rings. The molecule has 1 aromatic rings. The van der Waals surface area contributed by atoms with Crippen molar-refractivity contribution < 1.29 is 9.59 Å². The highest BCUT2D eigenvalue weighted by atomic mass is 16.2. The lowest BCUT2D eigenvalue weighted by atomic mass is 10.1. The maximum Gasteiger partial charge on any atom is 0.254 e. The summed E-state index contributed by atoms with van der Waals surface area (Å²) in [5.41, 5.74) is 0.927. The molecule has 4 nitrogen and oxygen atoms in total. The van der Waals surface area contributed by atoms with Gasteiger partial charge in [0, 0.05) is 6.42 Å². The Morgan fingerprint density at radius 1 is 1.30 bits per heavy atom. The summed E-state index contributed by atoms with van der Waals surface area (Å²) in [6.07, 6.45) is 6.37. The topological polar surface area (TPSA) is 58.2 Å². The van der Waals surface area contributed by atoms with E-state index >= 15 is 0 Å². The maximum atomic E-state index is 11.9. The molecular formula is C16H20N2O2. The molecule has 0 saturated carbocycles. The predicted octanol–water partition coefficient (Wildman–Crippen LogP) is 2.42. The van der Waals surface area contributed by atoms with Crippen LogP contribution in [0.15, 0.2) is 24.3 Å². The van der Waals surface area contributed by atoms with E-state index in [4.69, 9.17) is 6.42 Å². The van der Waals surface area contributed by atoms with Crippen molar-refractivity contribution in [3.63, 3.8) is 0 Å². The lowest BCUT2D eigenvalue weighted by Crippen LogP contribution is -2.25. The number of hydrogen-bond donors (Lipinski definition) is 2. The molecule has 106 valence electrons. The number of benzene rings is 1. The Balaban J connectivity index is 2.73. The van der Waals surface area contributed by atoms with Crippen molar-refractivity contribution in [2.75, 3.05) is 11.9 Å². The van der Waals surface area contributed by atoms with E-state index in [2.05, 4.69) is 30.4 Å². The maximum absolute atomic E-state index is 11.9. The standard InChI is InChI=1S/C16H20N2O2/c1-4-11-17-16(20)13-7-5-6-8-14(13)18-15(19)10-9-12(2)3/h1,5-8,12H,9-11H2,2-3H3,(H,17,20)(H,18,19). The second kappa shape index (κ2) is 8.00. The summed E-state index contributed by atoms with van der Waals surface area (Å²) >= 11 is 0. The zero-order valence-corrected chi connectivity index (χ0v) is 11.9. The van der Waals surface area contributed by atoms with Gasteiger partial charge in [0.25, 0.3) is 5.91 Å². The van der Waals surface area contributed by atoms with E-state index in [1.807, 2.05) is 0 Å². The molecule has 0 aliphatic rings. The van der Waals surface area contributed by atoms with Crippen molar-refractivity contribution >= 4 is 17.5 Å². The van der Waals surface area contributed by atoms with Gasteiger partial charge in [0.2, 0.25) is 5.91 Å². The number of carbonyl (C=O) groups excluding carboxylic acids is 2. The summed E-state index contributed by atoms with van der Waals surface area (Å²) in [5, 5.41) is 5.36. The number of para-hydroxylation sites is 1. The Labute approximate surface area is 120 Å². The van der Waals surface area contributed by atoms with Crippen molar-refractivity contribution in [1.82, 2.24) is 5.32 Å². The number of nitrogens with one attached hydrogen (secondary N) is 2. The largest absolute Gasteiger partial charge is 0.341 e. The van der Waals surface area contributed by atoms with Gasteiger partial charge in [-0.05, 0) is 24.5 Å². The van der Waals surface area contributed by atoms with Crippen molar-refractivity contribution in [1.29, 1.82) is 0 Å². The third-order valence-corrected chi connectivity index (χ3v) is 2.75. The molecule has 2 amide bonds. The van der Waals surface area contributed by atoms with Gasteiger partial charge in [-0.1, -0.05) is 31.9 Å². The van der Waals surface area contributed by atoms with E-state index in [1.54, 1.807) is 24.3 Å². The first-order chi connectivity index (χ1) is 9.54. The molecule has 0 heterocycles. The van der Waals surface area contributed by atoms with E-state index in [0.29, 0.717) is 23.6 Å². The van der Waals surface area contributed by atoms with Crippen LogP contribution in [-0.2, 0) is 4.79 Å². The zero-order chi connectivity index (χ0) is 15.0. The first-order valence-electron chi connectivity index (χ1n) is 6.65. The summed E-state index contributed by atoms with van der Waals surface area (Å²) in [7, 11) is 0. The molecule has 20 heavy (non-hydrogen) atoms. The molecule has 0 saturated heterocycles. The van der Waals surface area contributed by atoms with Gasteiger partial charge in [0.05, 0.1) is 17.8 Å². The number of carbonyl (C=O) groups is 2. The minimum Gasteiger partial charge on any atom is -0.341 e. The van der Waals surface area contributed by atoms with Gasteiger partial charge in [-0.2, -0.15) is 0 Å². The summed E-state index contributed by atoms with van der Waals surface area (Å²) in [4.78, 5) is 23.7. The highest BCUT2D eigenvalue weighted by molar-refractivity contribution is 6.03. The average molecular weight is 272 g/mol. The van der Waals surface area contributed by atoms with Gasteiger partial charge in [-0.25, -0.2) is 0 Å². The summed E-state index contributed by atoms with van der Waals surface area (Å²) in [6.45, 7) is 4.29. The van der Waals surface area contributed by atoms with Crippen LogP contribution in [0.5, 0.6) is 0 Å². The van der Waals surface area contributed by atoms with Crippen LogP contribution in [0, 0.1) is 18.3 Å². The second-order valence-electron chi connectivity index (χ2n) is 4.91. The van der Waals surface area contributed by atoms with Crippen LogP contribution < -0.4 is 10.6 Å². The molecule has 0 bridgehead atoms. The lowest BCUT2D eigenvalue weighted by Gasteiger charge is -2.11. The van der Waals surface area contributed by atoms with Gasteiger partial charge in [-0.15, -0.1) is 6.42 Å². The third kappa shape index (κ3) is 5.15. The van der Waals surface area contributed by atoms with Crippen LogP contribution in [0.4, 0.5) is 5.69 Å². The zero-order valence-electron chi connectivity index (χ0n) is 11.9. The van der Waals surface area contributed by atoms with E-state index in [0.717, 1.165) is 6.42 Å². The first-order valence-corrected chi connectivity index (χ1v) is 6.65. The van der Waals surface area contributed by atoms with Gasteiger partial charge < -0.3 is 10.6 Å². The van der Waals surface area contributed by atoms with E-state index in [-0.39, 0.29) is 18.4 Å². The Hall–Kier alpha value is -2.28. The normalized spacial score (nSPS) is 9.90. The number of anilines is 1. The molecule has 0 radical (unpaired) electrons. The van der Waals surface area contributed by atoms with Gasteiger partial charge in [-0.3, -0.25) is 9.59 Å². The monoisotopic (exact) mass is 272 g/mol. The summed E-state index contributed by atoms with van der Waals surface area (Å²) in [5.74, 6) is 2.43. The number of hydrogen-bond acceptors (Lipinski definition) is 2. The molecule has 0 aromatic heterocycles. The predicted molar refractivity (Wildman–Crippen MR) is 80.3 cm³/mol. The Bertz CT molecular complexity index is 515. The highest BCUT2D eigenvalue weighted by Gasteiger charge is 2.12. The molecule has 4 heteroatoms. The van der Waals surface area contributed by atoms with Crippen LogP contribution in [0.2, 0.25) is 0 Å². The van der Waals surface area contributed by atoms with Crippen LogP contribution in [0.25, 0.3) is 0 Å². The van der Waals surface area contributed by atoms with E-state index in [1.165, 1.54) is 0 Å². The molecule has 1 aromatic carbocycles. The molecule has 0 unspecified atom stereocenters. The third-order valence-electron chi connectivity index (χ3n) is 2.75. The van der Waals surface area contributed by atoms with Crippen molar-refractivity contribution in [2.24, 2.45) is 5.92 Å². The van der Waals surface area contributed by atoms with Crippen LogP contribution in [-0.4, -0.2) is 18.4 Å². The fourth-order valence-corrected chi connectivity index (χ4v) is 1.65. The SMILES string of the molecule is C#CCNC(=O)c1ccccc1NC(=O)CCC(C)C. The minimum absolute atomic E-state index is 0.0871. The summed E-state index contributed by atoms with van der Waals surface area (Å²) in [6, 6.07) is 6.88. The Morgan fingerprint density at radius 3 is 2.65 bits per heavy atom. The Kier molecular flexibility index (Phi) is 6.31. The molecule has 0 atom stereocenters. The van der Waals surface area contributed by atoms with Crippen molar-refractivity contribution in [3.8, 4) is 12.3 Å². The molecule has 2 N–H and O–H groups in total. The van der Waals surface area contributed by atoms with E-state index in [9.17, 15) is 9.59 Å². The molecule has 1 rings (SSSR count). The minimum atomic E-state index is -0.289. The average Bonchev–Trinajstić information content (AvgIpc) is 2.43. The van der Waals surface area contributed by atoms with Gasteiger partial charge in [0.15, 0.2) is 0 Å². The molecule has 0 aliphatic heterocycles. The number of terminal acetylenes is 1. The van der Waals surface area contributed by atoms with Crippen molar-refractivity contribution in [3.05, 3.63) is 29.8 Å². The van der Waals surface area contributed by atoms with Gasteiger partial charge >= 0.3 is 0 Å². The smallest absolute Gasteiger partial charge is 0.254 e. The summed E-state index contributed by atoms with van der Waals surface area (Å²) < 4.78 is 0. The second-order valence-corrected chi connectivity index (χ2v) is 4.91. The number of amides is 2. The fraction of sp³-hybridized carbons (Fsp3) is 0.375. The lowest BCUT2D eigenvalue weighted by molar-refractivity contribution is -0.116. The first kappa shape index (κ1) is 15.8. The fourth-order valence-electron chi connectivity index (χ4n) is 1.65. The highest BCUT2D eigenvalue weighted by Crippen LogP contribution is 2.16. The van der Waals surface area contributed by atoms with Crippen molar-refractivity contribution in [2.45, 2.75) is 26.7 Å². The quantitative estimate of drug-likeness (QED) is 0.781.